The van der Waals surface area contributed by atoms with Gasteiger partial charge in [-0.1, -0.05) is 42.1 Å². The maximum Gasteiger partial charge on any atom is 0.269 e. The van der Waals surface area contributed by atoms with Crippen LogP contribution < -0.4 is 0 Å². The van der Waals surface area contributed by atoms with Crippen LogP contribution in [0.3, 0.4) is 0 Å². The van der Waals surface area contributed by atoms with E-state index in [0.717, 1.165) is 4.90 Å². The summed E-state index contributed by atoms with van der Waals surface area (Å²) in [6.07, 6.45) is 1.43. The lowest BCUT2D eigenvalue weighted by atomic mass is 10.1. The molecular weight excluding hydrogens is 314 g/mol. The minimum atomic E-state index is -0.458. The third-order valence-corrected chi connectivity index (χ3v) is 3.90. The molecule has 6 heteroatoms. The molecule has 2 aromatic rings. The average Bonchev–Trinajstić information content (AvgIpc) is 2.59. The maximum absolute atomic E-state index is 12.6. The van der Waals surface area contributed by atoms with E-state index in [-0.39, 0.29) is 11.5 Å². The van der Waals surface area contributed by atoms with Crippen LogP contribution in [0.25, 0.3) is 0 Å². The zero-order valence-corrected chi connectivity index (χ0v) is 13.3. The normalized spacial score (nSPS) is 11.1. The van der Waals surface area contributed by atoms with Crippen LogP contribution in [0.5, 0.6) is 0 Å². The van der Waals surface area contributed by atoms with Crippen molar-refractivity contribution in [2.45, 2.75) is 11.8 Å². The van der Waals surface area contributed by atoms with E-state index in [1.165, 1.54) is 30.2 Å². The van der Waals surface area contributed by atoms with Gasteiger partial charge < -0.3 is 4.74 Å². The molecule has 0 N–H and O–H groups in total. The van der Waals surface area contributed by atoms with E-state index in [1.807, 2.05) is 13.0 Å². The minimum absolute atomic E-state index is 0.0130. The van der Waals surface area contributed by atoms with Gasteiger partial charge in [-0.2, -0.15) is 0 Å². The number of benzene rings is 2. The molecule has 0 amide bonds. The molecule has 0 bridgehead atoms. The van der Waals surface area contributed by atoms with E-state index >= 15 is 0 Å². The van der Waals surface area contributed by atoms with Gasteiger partial charge in [0, 0.05) is 22.6 Å². The van der Waals surface area contributed by atoms with Crippen molar-refractivity contribution in [3.8, 4) is 0 Å². The van der Waals surface area contributed by atoms with Gasteiger partial charge in [-0.05, 0) is 19.1 Å². The van der Waals surface area contributed by atoms with Crippen molar-refractivity contribution in [2.24, 2.45) is 0 Å². The number of rotatable bonds is 7. The Morgan fingerprint density at radius 3 is 2.39 bits per heavy atom. The van der Waals surface area contributed by atoms with Crippen LogP contribution in [0.1, 0.15) is 17.3 Å². The Labute approximate surface area is 138 Å². The molecule has 0 saturated heterocycles. The highest BCUT2D eigenvalue weighted by Gasteiger charge is 2.15. The summed E-state index contributed by atoms with van der Waals surface area (Å²) in [5, 5.41) is 10.7. The van der Waals surface area contributed by atoms with Gasteiger partial charge in [-0.3, -0.25) is 14.9 Å². The summed E-state index contributed by atoms with van der Waals surface area (Å²) in [5.41, 5.74) is 0.576. The van der Waals surface area contributed by atoms with Gasteiger partial charge in [0.25, 0.3) is 5.69 Å². The molecule has 23 heavy (non-hydrogen) atoms. The molecule has 0 aromatic heterocycles. The smallest absolute Gasteiger partial charge is 0.269 e. The SMILES string of the molecule is CCO/C=C(/Sc1ccc([N+](=O)[O-])cc1)C(=O)c1ccccc1. The summed E-state index contributed by atoms with van der Waals surface area (Å²) in [6, 6.07) is 14.9. The number of allylic oxidation sites excluding steroid dienone is 1. The first-order valence-electron chi connectivity index (χ1n) is 6.95. The predicted octanol–water partition coefficient (Wildman–Crippen LogP) is 4.45. The molecule has 0 aliphatic heterocycles. The molecular formula is C17H15NO4S. The molecule has 0 spiro atoms. The Kier molecular flexibility index (Phi) is 5.94. The topological polar surface area (TPSA) is 69.4 Å². The lowest BCUT2D eigenvalue weighted by Gasteiger charge is -2.07. The number of non-ortho nitro benzene ring substituents is 1. The highest BCUT2D eigenvalue weighted by atomic mass is 32.2. The van der Waals surface area contributed by atoms with Gasteiger partial charge in [0.1, 0.15) is 6.26 Å². The first-order chi connectivity index (χ1) is 11.1. The molecule has 0 fully saturated rings. The third kappa shape index (κ3) is 4.69. The van der Waals surface area contributed by atoms with Crippen molar-refractivity contribution in [2.75, 3.05) is 6.61 Å². The predicted molar refractivity (Wildman–Crippen MR) is 89.4 cm³/mol. The fourth-order valence-corrected chi connectivity index (χ4v) is 2.63. The Morgan fingerprint density at radius 2 is 1.83 bits per heavy atom. The number of thioether (sulfide) groups is 1. The summed E-state index contributed by atoms with van der Waals surface area (Å²) in [7, 11) is 0. The number of hydrogen-bond donors (Lipinski definition) is 0. The molecule has 2 rings (SSSR count). The van der Waals surface area contributed by atoms with Crippen LogP contribution in [-0.2, 0) is 4.74 Å². The molecule has 0 saturated carbocycles. The second-order valence-corrected chi connectivity index (χ2v) is 5.60. The van der Waals surface area contributed by atoms with Crippen LogP contribution in [0, 0.1) is 10.1 Å². The fourth-order valence-electron chi connectivity index (χ4n) is 1.78. The number of Topliss-reactive ketones (excluding diaryl/α,β-unsaturated/α-hetero) is 1. The van der Waals surface area contributed by atoms with Crippen LogP contribution in [0.15, 0.2) is 70.7 Å². The van der Waals surface area contributed by atoms with Gasteiger partial charge in [-0.15, -0.1) is 0 Å². The van der Waals surface area contributed by atoms with E-state index in [0.29, 0.717) is 17.1 Å². The van der Waals surface area contributed by atoms with Crippen molar-refractivity contribution >= 4 is 23.2 Å². The maximum atomic E-state index is 12.6. The summed E-state index contributed by atoms with van der Waals surface area (Å²) in [5.74, 6) is -0.151. The van der Waals surface area contributed by atoms with Crippen molar-refractivity contribution in [1.82, 2.24) is 0 Å². The summed E-state index contributed by atoms with van der Waals surface area (Å²) < 4.78 is 5.26. The largest absolute Gasteiger partial charge is 0.500 e. The van der Waals surface area contributed by atoms with Crippen molar-refractivity contribution < 1.29 is 14.5 Å². The quantitative estimate of drug-likeness (QED) is 0.187. The lowest BCUT2D eigenvalue weighted by Crippen LogP contribution is -2.01. The Bertz CT molecular complexity index is 711. The van der Waals surface area contributed by atoms with Gasteiger partial charge in [0.15, 0.2) is 0 Å². The van der Waals surface area contributed by atoms with Gasteiger partial charge in [0.2, 0.25) is 5.78 Å². The van der Waals surface area contributed by atoms with Crippen LogP contribution in [0.4, 0.5) is 5.69 Å². The molecule has 0 unspecified atom stereocenters. The molecule has 0 atom stereocenters. The zero-order valence-electron chi connectivity index (χ0n) is 12.5. The molecule has 2 aromatic carbocycles. The number of carbonyl (C=O) groups is 1. The number of ketones is 1. The van der Waals surface area contributed by atoms with Crippen molar-refractivity contribution in [3.63, 3.8) is 0 Å². The number of carbonyl (C=O) groups excluding carboxylic acids is 1. The summed E-state index contributed by atoms with van der Waals surface area (Å²) in [4.78, 5) is 23.9. The molecule has 0 aliphatic rings. The van der Waals surface area contributed by atoms with Gasteiger partial charge in [-0.25, -0.2) is 0 Å². The highest BCUT2D eigenvalue weighted by Crippen LogP contribution is 2.30. The zero-order chi connectivity index (χ0) is 16.7. The van der Waals surface area contributed by atoms with E-state index in [2.05, 4.69) is 0 Å². The van der Waals surface area contributed by atoms with Crippen molar-refractivity contribution in [3.05, 3.63) is 81.4 Å². The second-order valence-electron chi connectivity index (χ2n) is 4.49. The van der Waals surface area contributed by atoms with Crippen molar-refractivity contribution in [1.29, 1.82) is 0 Å². The van der Waals surface area contributed by atoms with E-state index in [9.17, 15) is 14.9 Å². The Balaban J connectivity index is 2.22. The first kappa shape index (κ1) is 16.8. The Hall–Kier alpha value is -2.60. The summed E-state index contributed by atoms with van der Waals surface area (Å²) in [6.45, 7) is 2.28. The fraction of sp³-hybridized carbons (Fsp3) is 0.118. The summed E-state index contributed by atoms with van der Waals surface area (Å²) >= 11 is 1.22. The standard InChI is InChI=1S/C17H15NO4S/c1-2-22-12-16(17(19)13-6-4-3-5-7-13)23-15-10-8-14(9-11-15)18(20)21/h3-12H,2H2,1H3/b16-12+. The van der Waals surface area contributed by atoms with Gasteiger partial charge >= 0.3 is 0 Å². The number of nitro benzene ring substituents is 1. The van der Waals surface area contributed by atoms with Gasteiger partial charge in [0.05, 0.1) is 16.4 Å². The number of hydrogen-bond acceptors (Lipinski definition) is 5. The monoisotopic (exact) mass is 329 g/mol. The molecule has 118 valence electrons. The molecule has 0 aliphatic carbocycles. The number of nitro groups is 1. The Morgan fingerprint density at radius 1 is 1.17 bits per heavy atom. The number of nitrogens with zero attached hydrogens (tertiary/aromatic N) is 1. The first-order valence-corrected chi connectivity index (χ1v) is 7.77. The second kappa shape index (κ2) is 8.14. The highest BCUT2D eigenvalue weighted by molar-refractivity contribution is 8.04. The van der Waals surface area contributed by atoms with Crippen LogP contribution in [-0.4, -0.2) is 17.3 Å². The molecule has 0 radical (unpaired) electrons. The molecule has 0 heterocycles. The average molecular weight is 329 g/mol. The van der Waals surface area contributed by atoms with E-state index in [1.54, 1.807) is 36.4 Å². The van der Waals surface area contributed by atoms with E-state index < -0.39 is 4.92 Å². The molecule has 5 nitrogen and oxygen atoms in total. The van der Waals surface area contributed by atoms with E-state index in [4.69, 9.17) is 4.74 Å². The van der Waals surface area contributed by atoms with Crippen LogP contribution >= 0.6 is 11.8 Å². The lowest BCUT2D eigenvalue weighted by molar-refractivity contribution is -0.384. The third-order valence-electron chi connectivity index (χ3n) is 2.89. The van der Waals surface area contributed by atoms with Crippen LogP contribution in [0.2, 0.25) is 0 Å². The number of ether oxygens (including phenoxy) is 1. The minimum Gasteiger partial charge on any atom is -0.500 e.